The van der Waals surface area contributed by atoms with Crippen LogP contribution in [0.4, 0.5) is 27.7 Å². The van der Waals surface area contributed by atoms with E-state index in [0.29, 0.717) is 17.3 Å². The van der Waals surface area contributed by atoms with Crippen LogP contribution >= 0.6 is 0 Å². The lowest BCUT2D eigenvalue weighted by atomic mass is 10.1. The Morgan fingerprint density at radius 2 is 1.73 bits per heavy atom. The molecule has 8 heteroatoms. The van der Waals surface area contributed by atoms with Gasteiger partial charge in [-0.15, -0.1) is 0 Å². The van der Waals surface area contributed by atoms with Crippen molar-refractivity contribution in [1.82, 2.24) is 19.7 Å². The van der Waals surface area contributed by atoms with E-state index in [0.717, 1.165) is 22.5 Å². The molecule has 0 radical (unpaired) electrons. The largest absolute Gasteiger partial charge is 0.340 e. The molecule has 0 spiro atoms. The average molecular weight is 399 g/mol. The number of amides is 2. The molecular formula is C22H21N7O. The number of nitrogens with one attached hydrogen (secondary N) is 3. The highest BCUT2D eigenvalue weighted by molar-refractivity contribution is 6.00. The molecule has 150 valence electrons. The molecule has 8 nitrogen and oxygen atoms in total. The van der Waals surface area contributed by atoms with Crippen molar-refractivity contribution in [1.29, 1.82) is 0 Å². The first-order valence-corrected chi connectivity index (χ1v) is 9.42. The monoisotopic (exact) mass is 399 g/mol. The number of hydrogen-bond acceptors (Lipinski definition) is 5. The van der Waals surface area contributed by atoms with E-state index in [-0.39, 0.29) is 6.03 Å². The molecule has 0 bridgehead atoms. The molecule has 2 heterocycles. The highest BCUT2D eigenvalue weighted by atomic mass is 16.2. The average Bonchev–Trinajstić information content (AvgIpc) is 3.28. The molecule has 0 aliphatic rings. The van der Waals surface area contributed by atoms with E-state index in [9.17, 15) is 4.79 Å². The van der Waals surface area contributed by atoms with E-state index < -0.39 is 0 Å². The van der Waals surface area contributed by atoms with Crippen molar-refractivity contribution in [2.45, 2.75) is 13.8 Å². The molecule has 0 aliphatic heterocycles. The van der Waals surface area contributed by atoms with Crippen LogP contribution in [0.15, 0.2) is 73.3 Å². The molecule has 4 aromatic rings. The molecule has 4 rings (SSSR count). The minimum absolute atomic E-state index is 0.288. The number of rotatable bonds is 5. The van der Waals surface area contributed by atoms with Crippen LogP contribution in [0.25, 0.3) is 5.82 Å². The number of carbonyl (C=O) groups excluding carboxylic acids is 1. The highest BCUT2D eigenvalue weighted by Crippen LogP contribution is 2.20. The molecule has 0 fully saturated rings. The summed E-state index contributed by atoms with van der Waals surface area (Å²) in [6.45, 7) is 4.00. The molecule has 0 saturated carbocycles. The fraction of sp³-hybridized carbons (Fsp3) is 0.0909. The Kier molecular flexibility index (Phi) is 5.38. The first kappa shape index (κ1) is 19.1. The van der Waals surface area contributed by atoms with Gasteiger partial charge in [0.15, 0.2) is 5.82 Å². The Bertz CT molecular complexity index is 1150. The molecule has 0 aliphatic carbocycles. The van der Waals surface area contributed by atoms with Crippen LogP contribution in [0.1, 0.15) is 11.1 Å². The minimum atomic E-state index is -0.288. The molecule has 2 aromatic carbocycles. The summed E-state index contributed by atoms with van der Waals surface area (Å²) in [6.07, 6.45) is 4.99. The van der Waals surface area contributed by atoms with Gasteiger partial charge in [-0.2, -0.15) is 5.10 Å². The number of urea groups is 1. The second-order valence-corrected chi connectivity index (χ2v) is 6.74. The zero-order valence-electron chi connectivity index (χ0n) is 16.6. The van der Waals surface area contributed by atoms with E-state index in [2.05, 4.69) is 31.0 Å². The van der Waals surface area contributed by atoms with Crippen LogP contribution in [0.2, 0.25) is 0 Å². The molecule has 30 heavy (non-hydrogen) atoms. The summed E-state index contributed by atoms with van der Waals surface area (Å²) in [5, 5.41) is 13.1. The van der Waals surface area contributed by atoms with E-state index >= 15 is 0 Å². The summed E-state index contributed by atoms with van der Waals surface area (Å²) in [6, 6.07) is 16.5. The Hall–Kier alpha value is -4.20. The number of aryl methyl sites for hydroxylation is 1. The first-order valence-electron chi connectivity index (χ1n) is 9.42. The van der Waals surface area contributed by atoms with Crippen LogP contribution in [-0.2, 0) is 0 Å². The van der Waals surface area contributed by atoms with Crippen LogP contribution in [-0.4, -0.2) is 25.8 Å². The smallest absolute Gasteiger partial charge is 0.323 e. The zero-order valence-corrected chi connectivity index (χ0v) is 16.6. The maximum atomic E-state index is 12.3. The SMILES string of the molecule is Cc1cccc(NC(=O)Nc2ccc(Nc3cc(-n4cccn4)ncn3)cc2)c1C. The summed E-state index contributed by atoms with van der Waals surface area (Å²) in [5.41, 5.74) is 4.49. The van der Waals surface area contributed by atoms with Gasteiger partial charge >= 0.3 is 6.03 Å². The number of carbonyl (C=O) groups is 1. The van der Waals surface area contributed by atoms with E-state index in [4.69, 9.17) is 0 Å². The number of anilines is 4. The molecular weight excluding hydrogens is 378 g/mol. The number of aromatic nitrogens is 4. The third-order valence-electron chi connectivity index (χ3n) is 4.66. The van der Waals surface area contributed by atoms with Crippen LogP contribution in [0.5, 0.6) is 0 Å². The van der Waals surface area contributed by atoms with Gasteiger partial charge in [0.25, 0.3) is 0 Å². The molecule has 0 atom stereocenters. The molecule has 3 N–H and O–H groups in total. The second kappa shape index (κ2) is 8.44. The van der Waals surface area contributed by atoms with Gasteiger partial charge in [-0.3, -0.25) is 0 Å². The normalized spacial score (nSPS) is 10.5. The third-order valence-corrected chi connectivity index (χ3v) is 4.66. The number of nitrogens with zero attached hydrogens (tertiary/aromatic N) is 4. The van der Waals surface area contributed by atoms with Gasteiger partial charge in [0, 0.05) is 35.5 Å². The summed E-state index contributed by atoms with van der Waals surface area (Å²) >= 11 is 0. The van der Waals surface area contributed by atoms with Gasteiger partial charge in [0.1, 0.15) is 12.1 Å². The number of hydrogen-bond donors (Lipinski definition) is 3. The summed E-state index contributed by atoms with van der Waals surface area (Å²) in [4.78, 5) is 20.8. The Balaban J connectivity index is 1.39. The Labute approximate surface area is 174 Å². The lowest BCUT2D eigenvalue weighted by Gasteiger charge is -2.12. The van der Waals surface area contributed by atoms with Gasteiger partial charge in [-0.25, -0.2) is 19.4 Å². The van der Waals surface area contributed by atoms with Crippen LogP contribution in [0.3, 0.4) is 0 Å². The Morgan fingerprint density at radius 3 is 2.50 bits per heavy atom. The van der Waals surface area contributed by atoms with E-state index in [1.807, 2.05) is 68.6 Å². The fourth-order valence-corrected chi connectivity index (χ4v) is 2.90. The van der Waals surface area contributed by atoms with Crippen LogP contribution in [0, 0.1) is 13.8 Å². The predicted octanol–water partition coefficient (Wildman–Crippen LogP) is 4.67. The molecule has 2 aromatic heterocycles. The van der Waals surface area contributed by atoms with Gasteiger partial charge in [-0.1, -0.05) is 12.1 Å². The second-order valence-electron chi connectivity index (χ2n) is 6.74. The van der Waals surface area contributed by atoms with Crippen molar-refractivity contribution in [3.63, 3.8) is 0 Å². The van der Waals surface area contributed by atoms with Crippen molar-refractivity contribution < 1.29 is 4.79 Å². The van der Waals surface area contributed by atoms with E-state index in [1.165, 1.54) is 6.33 Å². The lowest BCUT2D eigenvalue weighted by Crippen LogP contribution is -2.20. The summed E-state index contributed by atoms with van der Waals surface area (Å²) in [5.74, 6) is 1.31. The van der Waals surface area contributed by atoms with Gasteiger partial charge in [-0.05, 0) is 61.4 Å². The van der Waals surface area contributed by atoms with Crippen molar-refractivity contribution in [2.75, 3.05) is 16.0 Å². The zero-order chi connectivity index (χ0) is 20.9. The topological polar surface area (TPSA) is 96.8 Å². The predicted molar refractivity (Wildman–Crippen MR) is 117 cm³/mol. The molecule has 0 unspecified atom stereocenters. The molecule has 2 amide bonds. The third kappa shape index (κ3) is 4.44. The standard InChI is InChI=1S/C22H21N7O/c1-15-5-3-6-19(16(15)2)28-22(30)27-18-9-7-17(8-10-18)26-20-13-21(24-14-23-20)29-12-4-11-25-29/h3-14H,1-2H3,(H,23,24,26)(H2,27,28,30). The fourth-order valence-electron chi connectivity index (χ4n) is 2.90. The van der Waals surface area contributed by atoms with Crippen LogP contribution < -0.4 is 16.0 Å². The maximum absolute atomic E-state index is 12.3. The van der Waals surface area contributed by atoms with Gasteiger partial charge in [0.05, 0.1) is 0 Å². The quantitative estimate of drug-likeness (QED) is 0.453. The van der Waals surface area contributed by atoms with E-state index in [1.54, 1.807) is 16.9 Å². The van der Waals surface area contributed by atoms with Crippen molar-refractivity contribution in [2.24, 2.45) is 0 Å². The van der Waals surface area contributed by atoms with Crippen molar-refractivity contribution in [3.05, 3.63) is 84.4 Å². The van der Waals surface area contributed by atoms with Crippen molar-refractivity contribution in [3.8, 4) is 5.82 Å². The minimum Gasteiger partial charge on any atom is -0.340 e. The van der Waals surface area contributed by atoms with Gasteiger partial charge in [0.2, 0.25) is 0 Å². The highest BCUT2D eigenvalue weighted by Gasteiger charge is 2.07. The summed E-state index contributed by atoms with van der Waals surface area (Å²) < 4.78 is 1.66. The number of benzene rings is 2. The van der Waals surface area contributed by atoms with Crippen molar-refractivity contribution >= 4 is 28.9 Å². The lowest BCUT2D eigenvalue weighted by molar-refractivity contribution is 0.262. The Morgan fingerprint density at radius 1 is 0.933 bits per heavy atom. The van der Waals surface area contributed by atoms with Gasteiger partial charge < -0.3 is 16.0 Å². The maximum Gasteiger partial charge on any atom is 0.323 e. The first-order chi connectivity index (χ1) is 14.6. The summed E-state index contributed by atoms with van der Waals surface area (Å²) in [7, 11) is 0. The molecule has 0 saturated heterocycles.